The van der Waals surface area contributed by atoms with Crippen LogP contribution in [0.25, 0.3) is 16.6 Å². The lowest BCUT2D eigenvalue weighted by molar-refractivity contribution is -0.697. The zero-order valence-electron chi connectivity index (χ0n) is 28.9. The van der Waals surface area contributed by atoms with Gasteiger partial charge in [-0.2, -0.15) is 0 Å². The highest BCUT2D eigenvalue weighted by Gasteiger charge is 2.24. The van der Waals surface area contributed by atoms with Crippen molar-refractivity contribution in [1.29, 1.82) is 0 Å². The monoisotopic (exact) mass is 684 g/mol. The number of hydrogen-bond acceptors (Lipinski definition) is 5. The zero-order valence-corrected chi connectivity index (χ0v) is 28.9. The molecule has 0 saturated heterocycles. The van der Waals surface area contributed by atoms with Crippen LogP contribution in [-0.4, -0.2) is 36.8 Å². The van der Waals surface area contributed by atoms with Crippen LogP contribution in [0, 0.1) is 11.6 Å². The summed E-state index contributed by atoms with van der Waals surface area (Å²) in [5.74, 6) is -0.656. The number of benzene rings is 3. The van der Waals surface area contributed by atoms with Gasteiger partial charge in [0.05, 0.1) is 31.0 Å². The highest BCUT2D eigenvalue weighted by Crippen LogP contribution is 2.30. The van der Waals surface area contributed by atoms with E-state index in [4.69, 9.17) is 14.2 Å². The molecular formula is C40H44F2N3O5+. The third-order valence-electron chi connectivity index (χ3n) is 8.30. The van der Waals surface area contributed by atoms with Gasteiger partial charge in [-0.05, 0) is 57.9 Å². The fourth-order valence-corrected chi connectivity index (χ4v) is 5.94. The molecule has 2 aromatic heterocycles. The van der Waals surface area contributed by atoms with Gasteiger partial charge < -0.3 is 23.7 Å². The van der Waals surface area contributed by atoms with E-state index in [0.717, 1.165) is 56.8 Å². The van der Waals surface area contributed by atoms with Crippen LogP contribution in [0.3, 0.4) is 0 Å². The third-order valence-corrected chi connectivity index (χ3v) is 8.30. The van der Waals surface area contributed by atoms with E-state index in [-0.39, 0.29) is 23.2 Å². The topological polar surface area (TPSA) is 73.9 Å². The predicted molar refractivity (Wildman–Crippen MR) is 191 cm³/mol. The zero-order chi connectivity index (χ0) is 35.5. The molecule has 5 rings (SSSR count). The van der Waals surface area contributed by atoms with Crippen molar-refractivity contribution in [2.45, 2.75) is 59.4 Å². The Morgan fingerprint density at radius 3 is 2.08 bits per heavy atom. The summed E-state index contributed by atoms with van der Waals surface area (Å²) in [6, 6.07) is 19.5. The second kappa shape index (κ2) is 17.4. The van der Waals surface area contributed by atoms with E-state index < -0.39 is 23.0 Å². The number of aryl methyl sites for hydroxylation is 1. The Balaban J connectivity index is 1.44. The van der Waals surface area contributed by atoms with Crippen molar-refractivity contribution in [3.63, 3.8) is 0 Å². The molecule has 3 aromatic carbocycles. The molecule has 0 aliphatic rings. The fraction of sp³-hybridized carbons (Fsp3) is 0.325. The first kappa shape index (κ1) is 36.0. The number of rotatable bonds is 17. The number of halogens is 2. The number of nitrogens with zero attached hydrogens (tertiary/aromatic N) is 3. The lowest BCUT2D eigenvalue weighted by Gasteiger charge is -2.22. The number of carbonyl (C=O) groups is 1. The second-order valence-corrected chi connectivity index (χ2v) is 11.9. The van der Waals surface area contributed by atoms with Crippen LogP contribution in [0.2, 0.25) is 0 Å². The predicted octanol–water partition coefficient (Wildman–Crippen LogP) is 8.05. The van der Waals surface area contributed by atoms with Crippen LogP contribution >= 0.6 is 0 Å². The lowest BCUT2D eigenvalue weighted by atomic mass is 10.1. The maximum atomic E-state index is 14.2. The van der Waals surface area contributed by atoms with E-state index >= 15 is 0 Å². The maximum absolute atomic E-state index is 14.2. The molecule has 2 heterocycles. The van der Waals surface area contributed by atoms with E-state index in [1.807, 2.05) is 32.0 Å². The molecule has 1 amide bonds. The Bertz CT molecular complexity index is 1920. The van der Waals surface area contributed by atoms with Gasteiger partial charge in [0.15, 0.2) is 12.4 Å². The van der Waals surface area contributed by atoms with Crippen LogP contribution < -0.4 is 29.1 Å². The van der Waals surface area contributed by atoms with Gasteiger partial charge in [0.25, 0.3) is 5.91 Å². The van der Waals surface area contributed by atoms with Gasteiger partial charge in [-0.3, -0.25) is 9.59 Å². The van der Waals surface area contributed by atoms with Crippen LogP contribution in [0.1, 0.15) is 63.2 Å². The minimum absolute atomic E-state index is 0.0110. The Morgan fingerprint density at radius 1 is 0.760 bits per heavy atom. The Kier molecular flexibility index (Phi) is 12.6. The normalized spacial score (nSPS) is 11.1. The molecule has 0 aliphatic carbocycles. The highest BCUT2D eigenvalue weighted by atomic mass is 19.1. The minimum Gasteiger partial charge on any atom is -0.494 e. The Labute approximate surface area is 291 Å². The van der Waals surface area contributed by atoms with Gasteiger partial charge in [0.2, 0.25) is 5.43 Å². The van der Waals surface area contributed by atoms with E-state index in [9.17, 15) is 18.4 Å². The smallest absolute Gasteiger partial charge is 0.263 e. The molecule has 0 aliphatic heterocycles. The number of anilines is 1. The number of aromatic nitrogens is 2. The molecule has 50 heavy (non-hydrogen) atoms. The Hall–Kier alpha value is -5.25. The lowest BCUT2D eigenvalue weighted by Crippen LogP contribution is -2.35. The minimum atomic E-state index is -0.826. The van der Waals surface area contributed by atoms with Crippen molar-refractivity contribution >= 4 is 22.5 Å². The fourth-order valence-electron chi connectivity index (χ4n) is 5.94. The van der Waals surface area contributed by atoms with Gasteiger partial charge in [-0.15, -0.1) is 0 Å². The van der Waals surface area contributed by atoms with Crippen molar-refractivity contribution in [3.8, 4) is 22.9 Å². The number of fused-ring (bicyclic) bond motifs is 1. The number of hydrogen-bond donors (Lipinski definition) is 0. The van der Waals surface area contributed by atoms with E-state index in [1.165, 1.54) is 11.1 Å². The molecule has 10 heteroatoms. The van der Waals surface area contributed by atoms with Gasteiger partial charge in [-0.25, -0.2) is 13.3 Å². The molecule has 0 atom stereocenters. The quantitative estimate of drug-likeness (QED) is 0.0732. The molecule has 262 valence electrons. The SMILES string of the molecule is CCOc1cc(OCC)cc(-n2cc(C(=O)N(CC)c3cc(F)cc(F)c3)c(=O)c3ccc(OCCCCCCC[n+]4ccccc4)cc32)c1. The molecule has 5 aromatic rings. The standard InChI is InChI=1S/C40H44F2N3O5/c1-4-44(31-22-29(41)21-30(42)23-31)40(47)37-28-45(32-24-34(48-5-2)26-35(25-32)49-6-3)38-27-33(15-16-36(38)39(37)46)50-20-14-9-7-8-11-17-43-18-12-10-13-19-43/h10,12-13,15-16,18-19,21-28H,4-9,11,14,17,20H2,1-3H3/q+1. The summed E-state index contributed by atoms with van der Waals surface area (Å²) in [6.45, 7) is 7.86. The van der Waals surface area contributed by atoms with Gasteiger partial charge in [0.1, 0.15) is 41.0 Å². The molecule has 0 spiro atoms. The van der Waals surface area contributed by atoms with Crippen molar-refractivity contribution in [2.75, 3.05) is 31.3 Å². The Morgan fingerprint density at radius 2 is 1.42 bits per heavy atom. The first-order valence-corrected chi connectivity index (χ1v) is 17.3. The summed E-state index contributed by atoms with van der Waals surface area (Å²) in [6.07, 6.45) is 10.9. The third kappa shape index (κ3) is 9.05. The molecule has 0 bridgehead atoms. The van der Waals surface area contributed by atoms with Crippen molar-refractivity contribution in [1.82, 2.24) is 4.57 Å². The van der Waals surface area contributed by atoms with Gasteiger partial charge in [0, 0.05) is 72.7 Å². The summed E-state index contributed by atoms with van der Waals surface area (Å²) in [4.78, 5) is 29.1. The molecule has 0 fully saturated rings. The first-order valence-electron chi connectivity index (χ1n) is 17.3. The summed E-state index contributed by atoms with van der Waals surface area (Å²) in [5, 5.41) is 0.278. The molecule has 0 saturated carbocycles. The molecule has 0 radical (unpaired) electrons. The number of amides is 1. The largest absolute Gasteiger partial charge is 0.494 e. The maximum Gasteiger partial charge on any atom is 0.263 e. The first-order chi connectivity index (χ1) is 24.3. The highest BCUT2D eigenvalue weighted by molar-refractivity contribution is 6.07. The molecule has 0 N–H and O–H groups in total. The number of carbonyl (C=O) groups excluding carboxylic acids is 1. The van der Waals surface area contributed by atoms with Crippen molar-refractivity contribution < 1.29 is 32.4 Å². The van der Waals surface area contributed by atoms with E-state index in [0.29, 0.717) is 48.3 Å². The van der Waals surface area contributed by atoms with E-state index in [1.54, 1.807) is 47.9 Å². The summed E-state index contributed by atoms with van der Waals surface area (Å²) < 4.78 is 50.0. The van der Waals surface area contributed by atoms with E-state index in [2.05, 4.69) is 17.0 Å². The van der Waals surface area contributed by atoms with Gasteiger partial charge in [-0.1, -0.05) is 18.9 Å². The number of pyridine rings is 2. The van der Waals surface area contributed by atoms with Crippen molar-refractivity contribution in [3.05, 3.63) is 119 Å². The number of ether oxygens (including phenoxy) is 3. The van der Waals surface area contributed by atoms with Crippen LogP contribution in [0.5, 0.6) is 17.2 Å². The second-order valence-electron chi connectivity index (χ2n) is 11.9. The van der Waals surface area contributed by atoms with Crippen LogP contribution in [-0.2, 0) is 6.54 Å². The molecule has 8 nitrogen and oxygen atoms in total. The average Bonchev–Trinajstić information content (AvgIpc) is 3.10. The summed E-state index contributed by atoms with van der Waals surface area (Å²) >= 11 is 0. The summed E-state index contributed by atoms with van der Waals surface area (Å²) in [7, 11) is 0. The van der Waals surface area contributed by atoms with Crippen LogP contribution in [0.15, 0.2) is 96.2 Å². The summed E-state index contributed by atoms with van der Waals surface area (Å²) in [5.41, 5.74) is 0.435. The average molecular weight is 685 g/mol. The van der Waals surface area contributed by atoms with Crippen LogP contribution in [0.4, 0.5) is 14.5 Å². The molecule has 0 unspecified atom stereocenters. The van der Waals surface area contributed by atoms with Crippen molar-refractivity contribution in [2.24, 2.45) is 0 Å². The number of unbranched alkanes of at least 4 members (excludes halogenated alkanes) is 4. The molecular weight excluding hydrogens is 640 g/mol. The van der Waals surface area contributed by atoms with Gasteiger partial charge >= 0.3 is 0 Å².